The number of hydrogen-bond donors (Lipinski definition) is 2. The van der Waals surface area contributed by atoms with Crippen LogP contribution in [0.4, 0.5) is 4.79 Å². The summed E-state index contributed by atoms with van der Waals surface area (Å²) in [4.78, 5) is 38.3. The van der Waals surface area contributed by atoms with Crippen molar-refractivity contribution in [3.05, 3.63) is 29.3 Å². The SMILES string of the molecule is Cc1ccc(OCC(=O)N2CCC(CNC(=O)CCNC(=O)OC(C)(C)C)CC2)c(C(C)(C)C)c1. The molecule has 35 heavy (non-hydrogen) atoms. The zero-order valence-corrected chi connectivity index (χ0v) is 22.5. The first-order chi connectivity index (χ1) is 16.2. The number of alkyl carbamates (subject to hydrolysis) is 1. The fraction of sp³-hybridized carbons (Fsp3) is 0.667. The average molecular weight is 490 g/mol. The Kier molecular flexibility index (Phi) is 9.98. The molecule has 0 radical (unpaired) electrons. The molecule has 1 aromatic carbocycles. The Hall–Kier alpha value is -2.77. The Bertz CT molecular complexity index is 878. The van der Waals surface area contributed by atoms with Crippen molar-refractivity contribution in [2.75, 3.05) is 32.8 Å². The van der Waals surface area contributed by atoms with Crippen LogP contribution >= 0.6 is 0 Å². The number of benzene rings is 1. The molecule has 0 bridgehead atoms. The Morgan fingerprint density at radius 3 is 2.29 bits per heavy atom. The van der Waals surface area contributed by atoms with Crippen molar-refractivity contribution in [2.24, 2.45) is 5.92 Å². The van der Waals surface area contributed by atoms with Crippen LogP contribution in [0.3, 0.4) is 0 Å². The lowest BCUT2D eigenvalue weighted by molar-refractivity contribution is -0.135. The fourth-order valence-corrected chi connectivity index (χ4v) is 3.91. The molecule has 1 fully saturated rings. The molecule has 1 saturated heterocycles. The molecule has 1 aliphatic heterocycles. The second-order valence-electron chi connectivity index (χ2n) is 11.3. The largest absolute Gasteiger partial charge is 0.483 e. The van der Waals surface area contributed by atoms with Gasteiger partial charge in [0.2, 0.25) is 5.91 Å². The molecule has 0 atom stereocenters. The maximum atomic E-state index is 12.7. The van der Waals surface area contributed by atoms with Crippen molar-refractivity contribution in [3.63, 3.8) is 0 Å². The number of likely N-dealkylation sites (tertiary alicyclic amines) is 1. The number of nitrogens with one attached hydrogen (secondary N) is 2. The van der Waals surface area contributed by atoms with E-state index in [0.29, 0.717) is 25.6 Å². The highest BCUT2D eigenvalue weighted by Gasteiger charge is 2.25. The summed E-state index contributed by atoms with van der Waals surface area (Å²) in [6, 6.07) is 6.07. The van der Waals surface area contributed by atoms with Gasteiger partial charge in [0.15, 0.2) is 6.61 Å². The van der Waals surface area contributed by atoms with Crippen LogP contribution in [0, 0.1) is 12.8 Å². The van der Waals surface area contributed by atoms with E-state index in [9.17, 15) is 14.4 Å². The number of amides is 3. The summed E-state index contributed by atoms with van der Waals surface area (Å²) in [5, 5.41) is 5.52. The zero-order chi connectivity index (χ0) is 26.2. The van der Waals surface area contributed by atoms with Crippen LogP contribution in [0.25, 0.3) is 0 Å². The predicted octanol–water partition coefficient (Wildman–Crippen LogP) is 3.94. The maximum absolute atomic E-state index is 12.7. The van der Waals surface area contributed by atoms with Crippen LogP contribution in [-0.2, 0) is 19.7 Å². The molecule has 2 N–H and O–H groups in total. The number of aryl methyl sites for hydroxylation is 1. The summed E-state index contributed by atoms with van der Waals surface area (Å²) >= 11 is 0. The van der Waals surface area contributed by atoms with Gasteiger partial charge in [-0.25, -0.2) is 4.79 Å². The highest BCUT2D eigenvalue weighted by Crippen LogP contribution is 2.32. The first kappa shape index (κ1) is 28.5. The average Bonchev–Trinajstić information content (AvgIpc) is 2.75. The Morgan fingerprint density at radius 1 is 1.03 bits per heavy atom. The number of carbonyl (C=O) groups is 3. The van der Waals surface area contributed by atoms with Gasteiger partial charge < -0.3 is 25.0 Å². The second-order valence-corrected chi connectivity index (χ2v) is 11.3. The molecule has 0 aromatic heterocycles. The number of ether oxygens (including phenoxy) is 2. The van der Waals surface area contributed by atoms with E-state index in [1.165, 1.54) is 5.56 Å². The van der Waals surface area contributed by atoms with E-state index in [1.807, 2.05) is 17.0 Å². The molecular weight excluding hydrogens is 446 g/mol. The van der Waals surface area contributed by atoms with Crippen molar-refractivity contribution in [1.82, 2.24) is 15.5 Å². The second kappa shape index (κ2) is 12.3. The van der Waals surface area contributed by atoms with Crippen LogP contribution in [0.15, 0.2) is 18.2 Å². The van der Waals surface area contributed by atoms with Crippen molar-refractivity contribution in [1.29, 1.82) is 0 Å². The number of nitrogens with zero attached hydrogens (tertiary/aromatic N) is 1. The minimum atomic E-state index is -0.565. The molecule has 1 aliphatic rings. The molecule has 0 saturated carbocycles. The minimum absolute atomic E-state index is 0.0128. The van der Waals surface area contributed by atoms with Crippen molar-refractivity contribution in [3.8, 4) is 5.75 Å². The molecule has 2 rings (SSSR count). The van der Waals surface area contributed by atoms with Gasteiger partial charge in [-0.2, -0.15) is 0 Å². The normalized spacial score (nSPS) is 14.9. The molecule has 0 unspecified atom stereocenters. The molecule has 0 spiro atoms. The number of hydrogen-bond acceptors (Lipinski definition) is 5. The summed E-state index contributed by atoms with van der Waals surface area (Å²) in [6.07, 6.45) is 1.34. The smallest absolute Gasteiger partial charge is 0.407 e. The van der Waals surface area contributed by atoms with Gasteiger partial charge in [0.1, 0.15) is 11.4 Å². The monoisotopic (exact) mass is 489 g/mol. The van der Waals surface area contributed by atoms with E-state index in [-0.39, 0.29) is 36.8 Å². The fourth-order valence-electron chi connectivity index (χ4n) is 3.91. The van der Waals surface area contributed by atoms with Crippen LogP contribution in [0.5, 0.6) is 5.75 Å². The number of piperidine rings is 1. The van der Waals surface area contributed by atoms with Crippen molar-refractivity contribution < 1.29 is 23.9 Å². The van der Waals surface area contributed by atoms with Gasteiger partial charge in [-0.15, -0.1) is 0 Å². The first-order valence-corrected chi connectivity index (χ1v) is 12.5. The van der Waals surface area contributed by atoms with E-state index in [1.54, 1.807) is 20.8 Å². The Labute approximate surface area is 210 Å². The van der Waals surface area contributed by atoms with E-state index in [2.05, 4.69) is 44.4 Å². The lowest BCUT2D eigenvalue weighted by Gasteiger charge is -2.32. The molecule has 3 amide bonds. The molecular formula is C27H43N3O5. The molecule has 196 valence electrons. The van der Waals surface area contributed by atoms with Crippen molar-refractivity contribution in [2.45, 2.75) is 78.7 Å². The third kappa shape index (κ3) is 10.2. The maximum Gasteiger partial charge on any atom is 0.407 e. The molecule has 8 heteroatoms. The van der Waals surface area contributed by atoms with E-state index >= 15 is 0 Å². The topological polar surface area (TPSA) is 97.0 Å². The summed E-state index contributed by atoms with van der Waals surface area (Å²) in [7, 11) is 0. The van der Waals surface area contributed by atoms with Gasteiger partial charge in [-0.1, -0.05) is 38.5 Å². The Balaban J connectivity index is 1.68. The van der Waals surface area contributed by atoms with Crippen LogP contribution in [0.2, 0.25) is 0 Å². The van der Waals surface area contributed by atoms with Gasteiger partial charge in [0.25, 0.3) is 5.91 Å². The summed E-state index contributed by atoms with van der Waals surface area (Å²) in [5.74, 6) is 0.962. The van der Waals surface area contributed by atoms with E-state index < -0.39 is 11.7 Å². The molecule has 0 aliphatic carbocycles. The minimum Gasteiger partial charge on any atom is -0.483 e. The van der Waals surface area contributed by atoms with Crippen LogP contribution in [0.1, 0.15) is 71.9 Å². The highest BCUT2D eigenvalue weighted by atomic mass is 16.6. The van der Waals surface area contributed by atoms with Crippen LogP contribution < -0.4 is 15.4 Å². The predicted molar refractivity (Wildman–Crippen MR) is 137 cm³/mol. The number of rotatable bonds is 8. The van der Waals surface area contributed by atoms with E-state index in [4.69, 9.17) is 9.47 Å². The summed E-state index contributed by atoms with van der Waals surface area (Å²) < 4.78 is 11.1. The molecule has 8 nitrogen and oxygen atoms in total. The van der Waals surface area contributed by atoms with Gasteiger partial charge in [0.05, 0.1) is 0 Å². The van der Waals surface area contributed by atoms with Gasteiger partial charge in [-0.3, -0.25) is 9.59 Å². The lowest BCUT2D eigenvalue weighted by Crippen LogP contribution is -2.43. The first-order valence-electron chi connectivity index (χ1n) is 12.5. The molecule has 1 heterocycles. The highest BCUT2D eigenvalue weighted by molar-refractivity contribution is 5.78. The summed E-state index contributed by atoms with van der Waals surface area (Å²) in [6.45, 7) is 16.0. The Morgan fingerprint density at radius 2 is 1.69 bits per heavy atom. The summed E-state index contributed by atoms with van der Waals surface area (Å²) in [5.41, 5.74) is 1.63. The van der Waals surface area contributed by atoms with Gasteiger partial charge >= 0.3 is 6.09 Å². The standard InChI is InChI=1S/C27H43N3O5/c1-19-8-9-22(21(16-19)26(2,3)4)34-18-24(32)30-14-11-20(12-15-30)17-29-23(31)10-13-28-25(33)35-27(5,6)7/h8-9,16,20H,10-15,17-18H2,1-7H3,(H,28,33)(H,29,31). The van der Waals surface area contributed by atoms with Gasteiger partial charge in [-0.05, 0) is 63.5 Å². The lowest BCUT2D eigenvalue weighted by atomic mass is 9.85. The third-order valence-corrected chi connectivity index (χ3v) is 5.87. The third-order valence-electron chi connectivity index (χ3n) is 5.87. The quantitative estimate of drug-likeness (QED) is 0.577. The zero-order valence-electron chi connectivity index (χ0n) is 22.5. The molecule has 1 aromatic rings. The van der Waals surface area contributed by atoms with Crippen molar-refractivity contribution >= 4 is 17.9 Å². The van der Waals surface area contributed by atoms with E-state index in [0.717, 1.165) is 24.2 Å². The van der Waals surface area contributed by atoms with Crippen LogP contribution in [-0.4, -0.2) is 61.2 Å². The van der Waals surface area contributed by atoms with Gasteiger partial charge in [0, 0.05) is 32.6 Å². The number of carbonyl (C=O) groups excluding carboxylic acids is 3.